The van der Waals surface area contributed by atoms with Crippen molar-refractivity contribution >= 4 is 35.8 Å². The first-order chi connectivity index (χ1) is 13.6. The van der Waals surface area contributed by atoms with Crippen LogP contribution in [0.1, 0.15) is 28.1 Å². The zero-order chi connectivity index (χ0) is 19.9. The molecular formula is C20H27IN4O4. The number of nitrogens with one attached hydrogen (secondary N) is 2. The van der Waals surface area contributed by atoms with Gasteiger partial charge in [-0.3, -0.25) is 9.79 Å². The van der Waals surface area contributed by atoms with Gasteiger partial charge in [-0.1, -0.05) is 6.07 Å². The molecule has 1 aliphatic rings. The van der Waals surface area contributed by atoms with Crippen molar-refractivity contribution in [3.05, 3.63) is 47.4 Å². The molecule has 8 nitrogen and oxygen atoms in total. The van der Waals surface area contributed by atoms with Crippen molar-refractivity contribution in [3.8, 4) is 11.5 Å². The zero-order valence-electron chi connectivity index (χ0n) is 16.9. The number of carbonyl (C=O) groups is 1. The molecule has 0 saturated heterocycles. The number of aryl methyl sites for hydroxylation is 1. The van der Waals surface area contributed by atoms with Gasteiger partial charge in [0.25, 0.3) is 5.91 Å². The first-order valence-corrected chi connectivity index (χ1v) is 9.21. The van der Waals surface area contributed by atoms with Crippen molar-refractivity contribution in [2.75, 3.05) is 34.0 Å². The van der Waals surface area contributed by atoms with Gasteiger partial charge in [-0.15, -0.1) is 24.0 Å². The molecule has 1 aliphatic heterocycles. The van der Waals surface area contributed by atoms with Crippen LogP contribution in [0, 0.1) is 6.92 Å². The van der Waals surface area contributed by atoms with E-state index in [1.165, 1.54) is 6.26 Å². The molecule has 0 saturated carbocycles. The minimum Gasteiger partial charge on any atom is -0.459 e. The van der Waals surface area contributed by atoms with Crippen LogP contribution in [-0.2, 0) is 6.54 Å². The normalized spacial score (nSPS) is 12.3. The zero-order valence-corrected chi connectivity index (χ0v) is 19.2. The molecule has 0 radical (unpaired) electrons. The number of nitrogens with zero attached hydrogens (tertiary/aromatic N) is 2. The van der Waals surface area contributed by atoms with Crippen LogP contribution < -0.4 is 20.1 Å². The summed E-state index contributed by atoms with van der Waals surface area (Å²) < 4.78 is 16.0. The minimum absolute atomic E-state index is 0. The number of rotatable bonds is 7. The fraction of sp³-hybridized carbons (Fsp3) is 0.400. The van der Waals surface area contributed by atoms with Crippen LogP contribution >= 0.6 is 24.0 Å². The van der Waals surface area contributed by atoms with Crippen molar-refractivity contribution < 1.29 is 18.7 Å². The summed E-state index contributed by atoms with van der Waals surface area (Å²) in [7, 11) is 3.72. The number of amides is 1. The van der Waals surface area contributed by atoms with E-state index >= 15 is 0 Å². The van der Waals surface area contributed by atoms with Crippen LogP contribution in [-0.4, -0.2) is 50.7 Å². The fourth-order valence-corrected chi connectivity index (χ4v) is 2.95. The molecule has 2 aromatic rings. The monoisotopic (exact) mass is 514 g/mol. The number of hydrogen-bond donors (Lipinski definition) is 2. The molecule has 3 rings (SSSR count). The van der Waals surface area contributed by atoms with Crippen LogP contribution in [0.4, 0.5) is 0 Å². The van der Waals surface area contributed by atoms with Crippen LogP contribution in [0.25, 0.3) is 0 Å². The van der Waals surface area contributed by atoms with Crippen molar-refractivity contribution in [3.63, 3.8) is 0 Å². The van der Waals surface area contributed by atoms with Crippen LogP contribution in [0.5, 0.6) is 11.5 Å². The molecule has 0 spiro atoms. The molecule has 9 heteroatoms. The van der Waals surface area contributed by atoms with Gasteiger partial charge in [0, 0.05) is 39.3 Å². The maximum atomic E-state index is 12.0. The average Bonchev–Trinajstić information content (AvgIpc) is 3.32. The number of ether oxygens (including phenoxy) is 2. The van der Waals surface area contributed by atoms with Crippen molar-refractivity contribution in [2.45, 2.75) is 19.9 Å². The molecular weight excluding hydrogens is 487 g/mol. The van der Waals surface area contributed by atoms with Gasteiger partial charge < -0.3 is 29.4 Å². The molecule has 1 aromatic carbocycles. The van der Waals surface area contributed by atoms with Crippen LogP contribution in [0.2, 0.25) is 0 Å². The van der Waals surface area contributed by atoms with Crippen molar-refractivity contribution in [2.24, 2.45) is 4.99 Å². The summed E-state index contributed by atoms with van der Waals surface area (Å²) in [6.07, 6.45) is 2.29. The number of halogens is 1. The Morgan fingerprint density at radius 3 is 2.66 bits per heavy atom. The molecule has 2 N–H and O–H groups in total. The lowest BCUT2D eigenvalue weighted by molar-refractivity contribution is 0.0925. The Bertz CT molecular complexity index is 853. The van der Waals surface area contributed by atoms with E-state index in [1.54, 1.807) is 13.1 Å². The van der Waals surface area contributed by atoms with E-state index in [2.05, 4.69) is 15.6 Å². The number of aliphatic imine (C=N–C) groups is 1. The van der Waals surface area contributed by atoms with Gasteiger partial charge >= 0.3 is 0 Å². The number of fused-ring (bicyclic) bond motifs is 1. The van der Waals surface area contributed by atoms with Gasteiger partial charge in [0.05, 0.1) is 6.26 Å². The highest BCUT2D eigenvalue weighted by Gasteiger charge is 2.15. The smallest absolute Gasteiger partial charge is 0.287 e. The average molecular weight is 514 g/mol. The lowest BCUT2D eigenvalue weighted by atomic mass is 10.2. The summed E-state index contributed by atoms with van der Waals surface area (Å²) in [5.74, 6) is 2.52. The van der Waals surface area contributed by atoms with Crippen molar-refractivity contribution in [1.29, 1.82) is 0 Å². The summed E-state index contributed by atoms with van der Waals surface area (Å²) in [5.41, 5.74) is 1.94. The molecule has 0 unspecified atom stereocenters. The predicted octanol–water partition coefficient (Wildman–Crippen LogP) is 2.76. The third kappa shape index (κ3) is 6.02. The first-order valence-electron chi connectivity index (χ1n) is 9.21. The molecule has 158 valence electrons. The Morgan fingerprint density at radius 2 is 1.93 bits per heavy atom. The Morgan fingerprint density at radius 1 is 1.17 bits per heavy atom. The van der Waals surface area contributed by atoms with E-state index in [4.69, 9.17) is 13.9 Å². The summed E-state index contributed by atoms with van der Waals surface area (Å²) >= 11 is 0. The van der Waals surface area contributed by atoms with E-state index in [-0.39, 0.29) is 36.7 Å². The Hall–Kier alpha value is -2.43. The lowest BCUT2D eigenvalue weighted by Gasteiger charge is -2.22. The highest BCUT2D eigenvalue weighted by atomic mass is 127. The quantitative estimate of drug-likeness (QED) is 0.256. The fourth-order valence-electron chi connectivity index (χ4n) is 2.95. The third-order valence-electron chi connectivity index (χ3n) is 4.42. The molecule has 0 bridgehead atoms. The van der Waals surface area contributed by atoms with Gasteiger partial charge in [-0.2, -0.15) is 0 Å². The summed E-state index contributed by atoms with van der Waals surface area (Å²) in [6.45, 7) is 4.04. The number of furan rings is 1. The Labute approximate surface area is 187 Å². The number of carbonyl (C=O) groups excluding carboxylic acids is 1. The van der Waals surface area contributed by atoms with Gasteiger partial charge in [0.1, 0.15) is 0 Å². The maximum absolute atomic E-state index is 12.0. The van der Waals surface area contributed by atoms with Crippen LogP contribution in [0.15, 0.2) is 39.9 Å². The molecule has 0 fully saturated rings. The minimum atomic E-state index is -0.188. The van der Waals surface area contributed by atoms with Gasteiger partial charge in [-0.25, -0.2) is 0 Å². The predicted molar refractivity (Wildman–Crippen MR) is 121 cm³/mol. The summed E-state index contributed by atoms with van der Waals surface area (Å²) in [5, 5.41) is 6.17. The molecule has 2 heterocycles. The first kappa shape index (κ1) is 22.9. The largest absolute Gasteiger partial charge is 0.459 e. The van der Waals surface area contributed by atoms with E-state index < -0.39 is 0 Å². The topological polar surface area (TPSA) is 88.3 Å². The molecule has 1 aromatic heterocycles. The van der Waals surface area contributed by atoms with E-state index in [9.17, 15) is 4.79 Å². The lowest BCUT2D eigenvalue weighted by Crippen LogP contribution is -2.39. The van der Waals surface area contributed by atoms with Crippen LogP contribution in [0.3, 0.4) is 0 Å². The van der Waals surface area contributed by atoms with E-state index in [0.29, 0.717) is 25.4 Å². The highest BCUT2D eigenvalue weighted by molar-refractivity contribution is 14.0. The Balaban J connectivity index is 0.00000300. The molecule has 0 atom stereocenters. The number of benzene rings is 1. The van der Waals surface area contributed by atoms with Gasteiger partial charge in [-0.05, 0) is 37.1 Å². The van der Waals surface area contributed by atoms with Gasteiger partial charge in [0.2, 0.25) is 6.79 Å². The molecule has 29 heavy (non-hydrogen) atoms. The van der Waals surface area contributed by atoms with Crippen molar-refractivity contribution in [1.82, 2.24) is 15.5 Å². The number of guanidine groups is 1. The third-order valence-corrected chi connectivity index (χ3v) is 4.42. The second-order valence-corrected chi connectivity index (χ2v) is 6.56. The van der Waals surface area contributed by atoms with E-state index in [1.807, 2.05) is 37.1 Å². The standard InChI is InChI=1S/C20H26N4O4.HI/c1-14-7-10-26-18(14)19(25)22-8-4-9-23-20(21-2)24(3)12-15-5-6-16-17(11-15)28-13-27-16;/h5-7,10-11H,4,8-9,12-13H2,1-3H3,(H,21,23)(H,22,25);1H. The SMILES string of the molecule is CN=C(NCCCNC(=O)c1occc1C)N(C)Cc1ccc2c(c1)OCO2.I. The highest BCUT2D eigenvalue weighted by Crippen LogP contribution is 2.32. The maximum Gasteiger partial charge on any atom is 0.287 e. The molecule has 1 amide bonds. The second-order valence-electron chi connectivity index (χ2n) is 6.56. The summed E-state index contributed by atoms with van der Waals surface area (Å²) in [4.78, 5) is 18.3. The van der Waals surface area contributed by atoms with E-state index in [0.717, 1.165) is 35.0 Å². The second kappa shape index (κ2) is 10.9. The Kier molecular flexibility index (Phi) is 8.62. The van der Waals surface area contributed by atoms with Gasteiger partial charge in [0.15, 0.2) is 23.2 Å². The molecule has 0 aliphatic carbocycles. The number of hydrogen-bond acceptors (Lipinski definition) is 5. The summed E-state index contributed by atoms with van der Waals surface area (Å²) in [6, 6.07) is 7.70.